The average molecular weight is 450 g/mol. The summed E-state index contributed by atoms with van der Waals surface area (Å²) in [6.45, 7) is 1.87. The number of H-pyrrole nitrogens is 1. The molecule has 7 nitrogen and oxygen atoms in total. The molecule has 0 aliphatic rings. The predicted molar refractivity (Wildman–Crippen MR) is 118 cm³/mol. The lowest BCUT2D eigenvalue weighted by Gasteiger charge is -2.23. The van der Waals surface area contributed by atoms with Gasteiger partial charge in [-0.3, -0.25) is 9.36 Å². The zero-order chi connectivity index (χ0) is 23.1. The molecular formula is C23H17F3N6O. The van der Waals surface area contributed by atoms with Gasteiger partial charge in [-0.15, -0.1) is 0 Å². The van der Waals surface area contributed by atoms with E-state index in [1.165, 1.54) is 24.8 Å². The Kier molecular flexibility index (Phi) is 5.04. The Morgan fingerprint density at radius 1 is 1.03 bits per heavy atom. The fraction of sp³-hybridized carbons (Fsp3) is 0.130. The molecule has 0 saturated carbocycles. The van der Waals surface area contributed by atoms with E-state index < -0.39 is 29.1 Å². The van der Waals surface area contributed by atoms with Crippen LogP contribution in [0.1, 0.15) is 25.1 Å². The molecule has 5 aromatic rings. The van der Waals surface area contributed by atoms with Gasteiger partial charge in [0.2, 0.25) is 0 Å². The standard InChI is InChI=1S/C23H17F3N6O/c1-2-17(31-22-20-21(28-10-27-20)29-11-30-22)19-7-12-3-4-13(24)8-15(12)23(33)32(19)18-9-14(25)5-6-16(18)26/h3-11,17H,2H2,1H3,(H2,27,28,29,30,31)/t17-/m1/s1. The fourth-order valence-electron chi connectivity index (χ4n) is 3.89. The third kappa shape index (κ3) is 3.59. The maximum Gasteiger partial charge on any atom is 0.263 e. The lowest BCUT2D eigenvalue weighted by molar-refractivity contribution is 0.584. The van der Waals surface area contributed by atoms with Crippen molar-refractivity contribution in [1.29, 1.82) is 0 Å². The van der Waals surface area contributed by atoms with Crippen molar-refractivity contribution in [3.8, 4) is 5.69 Å². The van der Waals surface area contributed by atoms with E-state index in [2.05, 4.69) is 25.3 Å². The number of aromatic amines is 1. The Morgan fingerprint density at radius 2 is 1.82 bits per heavy atom. The highest BCUT2D eigenvalue weighted by Gasteiger charge is 2.22. The van der Waals surface area contributed by atoms with Gasteiger partial charge in [0.25, 0.3) is 5.56 Å². The van der Waals surface area contributed by atoms with Crippen LogP contribution < -0.4 is 10.9 Å². The van der Waals surface area contributed by atoms with E-state index in [-0.39, 0.29) is 11.1 Å². The van der Waals surface area contributed by atoms with Crippen molar-refractivity contribution in [3.63, 3.8) is 0 Å². The molecule has 3 aromatic heterocycles. The third-order valence-corrected chi connectivity index (χ3v) is 5.46. The van der Waals surface area contributed by atoms with Crippen molar-refractivity contribution >= 4 is 27.8 Å². The van der Waals surface area contributed by atoms with Crippen LogP contribution in [0.4, 0.5) is 19.0 Å². The number of nitrogens with one attached hydrogen (secondary N) is 2. The number of benzene rings is 2. The van der Waals surface area contributed by atoms with Crippen molar-refractivity contribution in [3.05, 3.63) is 88.6 Å². The van der Waals surface area contributed by atoms with Crippen molar-refractivity contribution < 1.29 is 13.2 Å². The highest BCUT2D eigenvalue weighted by atomic mass is 19.1. The van der Waals surface area contributed by atoms with E-state index >= 15 is 0 Å². The predicted octanol–water partition coefficient (Wildman–Crippen LogP) is 4.64. The molecule has 2 N–H and O–H groups in total. The number of nitrogens with zero attached hydrogens (tertiary/aromatic N) is 4. The molecular weight excluding hydrogens is 433 g/mol. The first-order valence-corrected chi connectivity index (χ1v) is 10.2. The maximum atomic E-state index is 14.8. The molecule has 0 amide bonds. The largest absolute Gasteiger partial charge is 0.360 e. The van der Waals surface area contributed by atoms with E-state index in [0.29, 0.717) is 34.5 Å². The van der Waals surface area contributed by atoms with Crippen molar-refractivity contribution in [2.75, 3.05) is 5.32 Å². The Morgan fingerprint density at radius 3 is 2.64 bits per heavy atom. The zero-order valence-corrected chi connectivity index (χ0v) is 17.3. The van der Waals surface area contributed by atoms with Crippen LogP contribution in [-0.4, -0.2) is 24.5 Å². The Hall–Kier alpha value is -4.21. The Labute approximate surface area is 185 Å². The van der Waals surface area contributed by atoms with Crippen LogP contribution in [-0.2, 0) is 0 Å². The second-order valence-corrected chi connectivity index (χ2v) is 7.47. The Balaban J connectivity index is 1.76. The van der Waals surface area contributed by atoms with Gasteiger partial charge >= 0.3 is 0 Å². The average Bonchev–Trinajstić information content (AvgIpc) is 3.29. The molecule has 0 spiro atoms. The van der Waals surface area contributed by atoms with E-state index in [4.69, 9.17) is 0 Å². The molecule has 1 atom stereocenters. The summed E-state index contributed by atoms with van der Waals surface area (Å²) in [5.74, 6) is -1.67. The highest BCUT2D eigenvalue weighted by molar-refractivity contribution is 5.84. The number of aromatic nitrogens is 5. The minimum absolute atomic E-state index is 0.0512. The van der Waals surface area contributed by atoms with E-state index in [9.17, 15) is 18.0 Å². The highest BCUT2D eigenvalue weighted by Crippen LogP contribution is 2.29. The summed E-state index contributed by atoms with van der Waals surface area (Å²) in [4.78, 5) is 28.9. The summed E-state index contributed by atoms with van der Waals surface area (Å²) in [5, 5.41) is 3.77. The topological polar surface area (TPSA) is 88.5 Å². The number of pyridine rings is 1. The molecule has 0 aliphatic heterocycles. The fourth-order valence-corrected chi connectivity index (χ4v) is 3.89. The number of halogens is 3. The molecule has 0 unspecified atom stereocenters. The number of fused-ring (bicyclic) bond motifs is 2. The lowest BCUT2D eigenvalue weighted by Crippen LogP contribution is -2.27. The molecule has 10 heteroatoms. The smallest absolute Gasteiger partial charge is 0.263 e. The first kappa shape index (κ1) is 20.7. The van der Waals surface area contributed by atoms with Crippen LogP contribution in [0.3, 0.4) is 0 Å². The van der Waals surface area contributed by atoms with Crippen LogP contribution in [0.2, 0.25) is 0 Å². The summed E-state index contributed by atoms with van der Waals surface area (Å²) < 4.78 is 43.8. The van der Waals surface area contributed by atoms with Gasteiger partial charge in [0.05, 0.1) is 23.4 Å². The van der Waals surface area contributed by atoms with Crippen molar-refractivity contribution in [1.82, 2.24) is 24.5 Å². The van der Waals surface area contributed by atoms with Gasteiger partial charge < -0.3 is 10.3 Å². The van der Waals surface area contributed by atoms with E-state index in [0.717, 1.165) is 28.8 Å². The summed E-state index contributed by atoms with van der Waals surface area (Å²) in [5.41, 5.74) is 0.434. The summed E-state index contributed by atoms with van der Waals surface area (Å²) in [7, 11) is 0. The molecule has 33 heavy (non-hydrogen) atoms. The molecule has 0 radical (unpaired) electrons. The first-order valence-electron chi connectivity index (χ1n) is 10.2. The quantitative estimate of drug-likeness (QED) is 0.407. The second kappa shape index (κ2) is 8.05. The summed E-state index contributed by atoms with van der Waals surface area (Å²) in [6.07, 6.45) is 3.29. The molecule has 0 saturated heterocycles. The SMILES string of the molecule is CC[C@@H](Nc1ncnc2nc[nH]c12)c1cc2ccc(F)cc2c(=O)n1-c1cc(F)ccc1F. The molecule has 0 aliphatic carbocycles. The monoisotopic (exact) mass is 450 g/mol. The molecule has 2 aromatic carbocycles. The Bertz CT molecular complexity index is 1560. The van der Waals surface area contributed by atoms with Gasteiger partial charge in [0, 0.05) is 11.8 Å². The number of anilines is 1. The molecule has 3 heterocycles. The second-order valence-electron chi connectivity index (χ2n) is 7.47. The van der Waals surface area contributed by atoms with Gasteiger partial charge in [0.15, 0.2) is 11.5 Å². The van der Waals surface area contributed by atoms with Gasteiger partial charge in [-0.05, 0) is 42.1 Å². The van der Waals surface area contributed by atoms with E-state index in [1.807, 2.05) is 6.92 Å². The maximum absolute atomic E-state index is 14.8. The summed E-state index contributed by atoms with van der Waals surface area (Å²) in [6, 6.07) is 7.78. The van der Waals surface area contributed by atoms with Crippen molar-refractivity contribution in [2.45, 2.75) is 19.4 Å². The first-order chi connectivity index (χ1) is 16.0. The lowest BCUT2D eigenvalue weighted by atomic mass is 10.0. The third-order valence-electron chi connectivity index (χ3n) is 5.46. The molecule has 0 fully saturated rings. The number of hydrogen-bond acceptors (Lipinski definition) is 5. The van der Waals surface area contributed by atoms with Crippen LogP contribution in [0.15, 0.2) is 59.9 Å². The number of rotatable bonds is 5. The van der Waals surface area contributed by atoms with Crippen LogP contribution >= 0.6 is 0 Å². The van der Waals surface area contributed by atoms with Crippen molar-refractivity contribution in [2.24, 2.45) is 0 Å². The van der Waals surface area contributed by atoms with E-state index in [1.54, 1.807) is 6.07 Å². The minimum Gasteiger partial charge on any atom is -0.360 e. The molecule has 166 valence electrons. The van der Waals surface area contributed by atoms with Gasteiger partial charge in [-0.2, -0.15) is 0 Å². The number of hydrogen-bond donors (Lipinski definition) is 2. The zero-order valence-electron chi connectivity index (χ0n) is 17.3. The normalized spacial score (nSPS) is 12.4. The number of imidazole rings is 1. The van der Waals surface area contributed by atoms with Gasteiger partial charge in [-0.25, -0.2) is 28.1 Å². The van der Waals surface area contributed by atoms with Gasteiger partial charge in [0.1, 0.15) is 29.3 Å². The van der Waals surface area contributed by atoms with Crippen LogP contribution in [0, 0.1) is 17.5 Å². The summed E-state index contributed by atoms with van der Waals surface area (Å²) >= 11 is 0. The molecule has 5 rings (SSSR count). The minimum atomic E-state index is -0.789. The van der Waals surface area contributed by atoms with Gasteiger partial charge in [-0.1, -0.05) is 13.0 Å². The van der Waals surface area contributed by atoms with Crippen LogP contribution in [0.5, 0.6) is 0 Å². The molecule has 0 bridgehead atoms. The van der Waals surface area contributed by atoms with Crippen LogP contribution in [0.25, 0.3) is 27.6 Å².